The second kappa shape index (κ2) is 6.39. The van der Waals surface area contributed by atoms with Crippen LogP contribution in [0.15, 0.2) is 18.2 Å². The Hall–Kier alpha value is -1.38. The van der Waals surface area contributed by atoms with Gasteiger partial charge in [0.05, 0.1) is 18.8 Å². The number of nitrogens with one attached hydrogen (secondary N) is 1. The molecule has 3 N–H and O–H groups in total. The minimum atomic E-state index is -4.54. The third kappa shape index (κ3) is 3.68. The van der Waals surface area contributed by atoms with Crippen LogP contribution in [-0.4, -0.2) is 46.2 Å². The summed E-state index contributed by atoms with van der Waals surface area (Å²) in [4.78, 5) is 3.47. The van der Waals surface area contributed by atoms with Crippen LogP contribution in [-0.2, 0) is 10.9 Å². The quantitative estimate of drug-likeness (QED) is 0.790. The maximum absolute atomic E-state index is 12.6. The molecule has 8 heteroatoms. The van der Waals surface area contributed by atoms with Crippen LogP contribution in [0.3, 0.4) is 0 Å². The maximum Gasteiger partial charge on any atom is 0.433 e. The van der Waals surface area contributed by atoms with E-state index in [1.807, 2.05) is 13.8 Å². The van der Waals surface area contributed by atoms with Gasteiger partial charge in [-0.15, -0.1) is 0 Å². The van der Waals surface area contributed by atoms with Crippen molar-refractivity contribution in [1.82, 2.24) is 4.98 Å². The van der Waals surface area contributed by atoms with Crippen LogP contribution < -0.4 is 5.32 Å². The van der Waals surface area contributed by atoms with Gasteiger partial charge in [-0.3, -0.25) is 0 Å². The minimum absolute atomic E-state index is 0.0114. The van der Waals surface area contributed by atoms with Crippen molar-refractivity contribution < 1.29 is 28.1 Å². The Morgan fingerprint density at radius 1 is 1.27 bits per heavy atom. The molecule has 4 unspecified atom stereocenters. The molecule has 0 radical (unpaired) electrons. The van der Waals surface area contributed by atoms with E-state index in [0.29, 0.717) is 0 Å². The smallest absolute Gasteiger partial charge is 0.388 e. The summed E-state index contributed by atoms with van der Waals surface area (Å²) in [7, 11) is 0. The van der Waals surface area contributed by atoms with E-state index in [1.54, 1.807) is 0 Å². The third-order valence-electron chi connectivity index (χ3n) is 3.60. The van der Waals surface area contributed by atoms with Crippen molar-refractivity contribution in [3.05, 3.63) is 23.9 Å². The Kier molecular flexibility index (Phi) is 4.93. The number of aliphatic hydroxyl groups excluding tert-OH is 2. The number of hydrogen-bond acceptors (Lipinski definition) is 5. The molecule has 1 aromatic rings. The van der Waals surface area contributed by atoms with Gasteiger partial charge in [0.2, 0.25) is 0 Å². The number of aliphatic hydroxyl groups is 2. The molecule has 1 saturated heterocycles. The van der Waals surface area contributed by atoms with Gasteiger partial charge in [0.1, 0.15) is 23.7 Å². The molecule has 0 amide bonds. The summed E-state index contributed by atoms with van der Waals surface area (Å²) in [5.74, 6) is -0.0186. The SMILES string of the molecule is CC(C)C1OCC(Nc2cccc(C(F)(F)F)n2)C(O)C1O. The highest BCUT2D eigenvalue weighted by Gasteiger charge is 2.40. The molecule has 1 aliphatic rings. The highest BCUT2D eigenvalue weighted by molar-refractivity contribution is 5.37. The van der Waals surface area contributed by atoms with Crippen LogP contribution in [0.2, 0.25) is 0 Å². The van der Waals surface area contributed by atoms with E-state index < -0.39 is 36.2 Å². The molecule has 2 rings (SSSR count). The number of rotatable bonds is 3. The Balaban J connectivity index is 2.09. The van der Waals surface area contributed by atoms with E-state index in [9.17, 15) is 23.4 Å². The van der Waals surface area contributed by atoms with Gasteiger partial charge >= 0.3 is 6.18 Å². The number of nitrogens with zero attached hydrogens (tertiary/aromatic N) is 1. The molecule has 1 fully saturated rings. The fourth-order valence-electron chi connectivity index (χ4n) is 2.42. The van der Waals surface area contributed by atoms with Crippen LogP contribution in [0.25, 0.3) is 0 Å². The predicted octanol–water partition coefficient (Wildman–Crippen LogP) is 1.66. The van der Waals surface area contributed by atoms with Crippen LogP contribution in [0, 0.1) is 5.92 Å². The Morgan fingerprint density at radius 2 is 1.95 bits per heavy atom. The van der Waals surface area contributed by atoms with E-state index >= 15 is 0 Å². The number of anilines is 1. The Labute approximate surface area is 126 Å². The number of alkyl halides is 3. The lowest BCUT2D eigenvalue weighted by Crippen LogP contribution is -2.57. The van der Waals surface area contributed by atoms with Crippen LogP contribution in [0.4, 0.5) is 19.0 Å². The molecule has 1 aromatic heterocycles. The van der Waals surface area contributed by atoms with E-state index in [1.165, 1.54) is 12.1 Å². The largest absolute Gasteiger partial charge is 0.433 e. The lowest BCUT2D eigenvalue weighted by atomic mass is 9.91. The normalized spacial score (nSPS) is 29.6. The lowest BCUT2D eigenvalue weighted by molar-refractivity contribution is -0.154. The summed E-state index contributed by atoms with van der Waals surface area (Å²) in [5.41, 5.74) is -1.02. The minimum Gasteiger partial charge on any atom is -0.388 e. The van der Waals surface area contributed by atoms with Gasteiger partial charge < -0.3 is 20.3 Å². The molecular weight excluding hydrogens is 301 g/mol. The fourth-order valence-corrected chi connectivity index (χ4v) is 2.42. The first-order valence-corrected chi connectivity index (χ1v) is 6.98. The molecule has 124 valence electrons. The summed E-state index contributed by atoms with van der Waals surface area (Å²) in [6.45, 7) is 3.77. The first-order chi connectivity index (χ1) is 10.2. The highest BCUT2D eigenvalue weighted by Crippen LogP contribution is 2.29. The van der Waals surface area contributed by atoms with E-state index in [-0.39, 0.29) is 18.3 Å². The molecule has 0 bridgehead atoms. The summed E-state index contributed by atoms with van der Waals surface area (Å²) < 4.78 is 43.3. The molecule has 5 nitrogen and oxygen atoms in total. The number of ether oxygens (including phenoxy) is 1. The predicted molar refractivity (Wildman–Crippen MR) is 73.2 cm³/mol. The molecule has 0 aliphatic carbocycles. The van der Waals surface area contributed by atoms with Gasteiger partial charge in [-0.05, 0) is 18.1 Å². The van der Waals surface area contributed by atoms with Gasteiger partial charge in [-0.1, -0.05) is 19.9 Å². The zero-order valence-electron chi connectivity index (χ0n) is 12.2. The summed E-state index contributed by atoms with van der Waals surface area (Å²) in [5, 5.41) is 22.8. The zero-order valence-corrected chi connectivity index (χ0v) is 12.2. The number of halogens is 3. The Morgan fingerprint density at radius 3 is 2.55 bits per heavy atom. The monoisotopic (exact) mass is 320 g/mol. The van der Waals surface area contributed by atoms with Gasteiger partial charge in [0.25, 0.3) is 0 Å². The number of pyridine rings is 1. The molecule has 2 heterocycles. The molecule has 0 aromatic carbocycles. The summed E-state index contributed by atoms with van der Waals surface area (Å²) in [6.07, 6.45) is -7.32. The fraction of sp³-hybridized carbons (Fsp3) is 0.643. The van der Waals surface area contributed by atoms with Crippen molar-refractivity contribution in [2.45, 2.75) is 44.4 Å². The van der Waals surface area contributed by atoms with E-state index in [0.717, 1.165) is 6.07 Å². The van der Waals surface area contributed by atoms with Crippen LogP contribution in [0.5, 0.6) is 0 Å². The van der Waals surface area contributed by atoms with E-state index in [4.69, 9.17) is 4.74 Å². The summed E-state index contributed by atoms with van der Waals surface area (Å²) >= 11 is 0. The molecule has 4 atom stereocenters. The standard InChI is InChI=1S/C14H19F3N2O3/c1-7(2)13-12(21)11(20)8(6-22-13)18-10-5-3-4-9(19-10)14(15,16)17/h3-5,7-8,11-13,20-21H,6H2,1-2H3,(H,18,19). The number of aromatic nitrogens is 1. The second-order valence-electron chi connectivity index (χ2n) is 5.68. The van der Waals surface area contributed by atoms with Crippen molar-refractivity contribution in [1.29, 1.82) is 0 Å². The van der Waals surface area contributed by atoms with Crippen molar-refractivity contribution in [2.75, 3.05) is 11.9 Å². The maximum atomic E-state index is 12.6. The third-order valence-corrected chi connectivity index (χ3v) is 3.60. The zero-order chi connectivity index (χ0) is 16.5. The van der Waals surface area contributed by atoms with Gasteiger partial charge in [-0.2, -0.15) is 13.2 Å². The number of hydrogen-bond donors (Lipinski definition) is 3. The van der Waals surface area contributed by atoms with Crippen LogP contribution in [0.1, 0.15) is 19.5 Å². The topological polar surface area (TPSA) is 74.6 Å². The first kappa shape index (κ1) is 17.0. The van der Waals surface area contributed by atoms with Crippen LogP contribution >= 0.6 is 0 Å². The molecule has 0 spiro atoms. The summed E-state index contributed by atoms with van der Waals surface area (Å²) in [6, 6.07) is 2.72. The van der Waals surface area contributed by atoms with Crippen molar-refractivity contribution in [3.8, 4) is 0 Å². The first-order valence-electron chi connectivity index (χ1n) is 6.98. The molecule has 22 heavy (non-hydrogen) atoms. The average molecular weight is 320 g/mol. The average Bonchev–Trinajstić information content (AvgIpc) is 2.43. The van der Waals surface area contributed by atoms with Gasteiger partial charge in [0.15, 0.2) is 0 Å². The van der Waals surface area contributed by atoms with E-state index in [2.05, 4.69) is 10.3 Å². The highest BCUT2D eigenvalue weighted by atomic mass is 19.4. The van der Waals surface area contributed by atoms with Crippen molar-refractivity contribution in [3.63, 3.8) is 0 Å². The van der Waals surface area contributed by atoms with Crippen molar-refractivity contribution >= 4 is 5.82 Å². The Bertz CT molecular complexity index is 510. The second-order valence-corrected chi connectivity index (χ2v) is 5.68. The van der Waals surface area contributed by atoms with Gasteiger partial charge in [-0.25, -0.2) is 4.98 Å². The lowest BCUT2D eigenvalue weighted by Gasteiger charge is -2.39. The molecular formula is C14H19F3N2O3. The molecule has 1 aliphatic heterocycles. The van der Waals surface area contributed by atoms with Crippen molar-refractivity contribution in [2.24, 2.45) is 5.92 Å². The van der Waals surface area contributed by atoms with Gasteiger partial charge in [0, 0.05) is 0 Å². The molecule has 0 saturated carbocycles.